The quantitative estimate of drug-likeness (QED) is 0.531. The first-order chi connectivity index (χ1) is 5.49. The van der Waals surface area contributed by atoms with Gasteiger partial charge < -0.3 is 0 Å². The normalized spacial score (nSPS) is 27.8. The van der Waals surface area contributed by atoms with E-state index in [9.17, 15) is 0 Å². The van der Waals surface area contributed by atoms with Crippen LogP contribution in [0.25, 0.3) is 0 Å². The number of hydrogen-bond donors (Lipinski definition) is 3. The molecule has 1 atom stereocenters. The third-order valence-corrected chi connectivity index (χ3v) is 2.69. The molecule has 0 radical (unpaired) electrons. The summed E-state index contributed by atoms with van der Waals surface area (Å²) in [6, 6.07) is 0.211. The van der Waals surface area contributed by atoms with Gasteiger partial charge in [0, 0.05) is 0 Å². The molecular formula is C6H16NO4P. The fourth-order valence-electron chi connectivity index (χ4n) is 1.40. The number of rotatable bonds is 3. The van der Waals surface area contributed by atoms with Gasteiger partial charge in [-0.2, -0.15) is 0 Å². The van der Waals surface area contributed by atoms with Gasteiger partial charge in [-0.3, -0.25) is 0 Å². The van der Waals surface area contributed by atoms with E-state index in [0.29, 0.717) is 0 Å². The van der Waals surface area contributed by atoms with Crippen molar-refractivity contribution in [3.05, 3.63) is 0 Å². The molecule has 1 rings (SSSR count). The van der Waals surface area contributed by atoms with E-state index >= 15 is 0 Å². The van der Waals surface area contributed by atoms with Gasteiger partial charge in [0.1, 0.15) is 0 Å². The maximum absolute atomic E-state index is 8.57. The minimum absolute atomic E-state index is 0.201. The average molecular weight is 197 g/mol. The molecule has 0 aromatic heterocycles. The van der Waals surface area contributed by atoms with E-state index in [-0.39, 0.29) is 12.6 Å². The first-order valence-corrected chi connectivity index (χ1v) is 5.75. The van der Waals surface area contributed by atoms with Crippen LogP contribution in [0, 0.1) is 0 Å². The Kier molecular flexibility index (Phi) is 3.40. The van der Waals surface area contributed by atoms with Gasteiger partial charge in [-0.05, 0) is 0 Å². The molecule has 74 valence electrons. The van der Waals surface area contributed by atoms with E-state index in [4.69, 9.17) is 14.7 Å². The molecule has 0 spiro atoms. The fraction of sp³-hybridized carbons (Fsp3) is 1.00. The molecule has 1 aliphatic heterocycles. The Morgan fingerprint density at radius 1 is 1.50 bits per heavy atom. The summed E-state index contributed by atoms with van der Waals surface area (Å²) in [6.07, 6.45) is 2.09. The number of likely N-dealkylation sites (N-methyl/N-ethyl adjacent to an activating group) is 1. The molecule has 0 bridgehead atoms. The first kappa shape index (κ1) is 10.3. The van der Waals surface area contributed by atoms with Crippen molar-refractivity contribution in [1.82, 2.24) is 4.90 Å². The second kappa shape index (κ2) is 3.96. The Hall–Kier alpha value is 0.230. The van der Waals surface area contributed by atoms with Crippen LogP contribution >= 0.6 is 8.17 Å². The summed E-state index contributed by atoms with van der Waals surface area (Å²) in [5.41, 5.74) is 0. The van der Waals surface area contributed by atoms with E-state index in [1.54, 1.807) is 0 Å². The average Bonchev–Trinajstić information content (AvgIpc) is 2.29. The van der Waals surface area contributed by atoms with Crippen molar-refractivity contribution >= 4 is 8.17 Å². The zero-order valence-corrected chi connectivity index (χ0v) is 8.10. The van der Waals surface area contributed by atoms with E-state index in [1.165, 1.54) is 0 Å². The predicted octanol–water partition coefficient (Wildman–Crippen LogP) is -0.516. The number of nitrogens with zero attached hydrogens (tertiary/aromatic N) is 1. The zero-order valence-electron chi connectivity index (χ0n) is 7.10. The van der Waals surface area contributed by atoms with Crippen molar-refractivity contribution in [3.8, 4) is 0 Å². The van der Waals surface area contributed by atoms with Crippen molar-refractivity contribution in [2.75, 3.05) is 20.2 Å². The summed E-state index contributed by atoms with van der Waals surface area (Å²) in [5.74, 6) is 0. The van der Waals surface area contributed by atoms with E-state index < -0.39 is 8.17 Å². The number of likely N-dealkylation sites (tertiary alicyclic amines) is 1. The van der Waals surface area contributed by atoms with E-state index in [0.717, 1.165) is 19.4 Å². The van der Waals surface area contributed by atoms with Crippen molar-refractivity contribution in [3.63, 3.8) is 0 Å². The van der Waals surface area contributed by atoms with Crippen LogP contribution in [0.3, 0.4) is 0 Å². The molecule has 0 saturated carbocycles. The van der Waals surface area contributed by atoms with Crippen LogP contribution in [0.1, 0.15) is 12.8 Å². The van der Waals surface area contributed by atoms with Gasteiger partial charge in [0.2, 0.25) is 0 Å². The molecule has 1 aliphatic rings. The van der Waals surface area contributed by atoms with Crippen LogP contribution in [0.2, 0.25) is 0 Å². The predicted molar refractivity (Wildman–Crippen MR) is 46.6 cm³/mol. The Bertz CT molecular complexity index is 149. The van der Waals surface area contributed by atoms with E-state index in [2.05, 4.69) is 9.42 Å². The molecule has 6 heteroatoms. The molecule has 0 aromatic carbocycles. The molecule has 0 aromatic rings. The standard InChI is InChI=1S/C6H16NO4P/c1-7-4-2-3-6(7)5-11-12(8,9)10/h6,8-10,12H,2-5H2,1H3. The maximum atomic E-state index is 8.57. The van der Waals surface area contributed by atoms with Gasteiger partial charge >= 0.3 is 71.4 Å². The first-order valence-electron chi connectivity index (χ1n) is 4.00. The summed E-state index contributed by atoms with van der Waals surface area (Å²) in [5, 5.41) is 0. The molecule has 1 saturated heterocycles. The fourth-order valence-corrected chi connectivity index (χ4v) is 1.81. The Labute approximate surface area is 72.2 Å². The van der Waals surface area contributed by atoms with E-state index in [1.807, 2.05) is 7.05 Å². The Morgan fingerprint density at radius 2 is 2.17 bits per heavy atom. The SMILES string of the molecule is CN1CCCC1CO[PH](O)(O)O. The molecule has 5 nitrogen and oxygen atoms in total. The van der Waals surface area contributed by atoms with Gasteiger partial charge in [-0.1, -0.05) is 0 Å². The monoisotopic (exact) mass is 197 g/mol. The summed E-state index contributed by atoms with van der Waals surface area (Å²) in [7, 11) is -2.33. The Balaban J connectivity index is 2.23. The summed E-state index contributed by atoms with van der Waals surface area (Å²) in [6.45, 7) is 1.21. The molecular weight excluding hydrogens is 181 g/mol. The molecule has 12 heavy (non-hydrogen) atoms. The molecule has 0 amide bonds. The topological polar surface area (TPSA) is 73.2 Å². The van der Waals surface area contributed by atoms with Crippen LogP contribution in [-0.2, 0) is 4.52 Å². The van der Waals surface area contributed by atoms with Crippen LogP contribution < -0.4 is 0 Å². The second-order valence-electron chi connectivity index (χ2n) is 3.16. The zero-order chi connectivity index (χ0) is 9.19. The molecule has 1 heterocycles. The third-order valence-electron chi connectivity index (χ3n) is 2.14. The van der Waals surface area contributed by atoms with Crippen LogP contribution in [0.5, 0.6) is 0 Å². The van der Waals surface area contributed by atoms with Crippen molar-refractivity contribution < 1.29 is 19.2 Å². The van der Waals surface area contributed by atoms with Gasteiger partial charge in [0.15, 0.2) is 0 Å². The van der Waals surface area contributed by atoms with Crippen molar-refractivity contribution in [2.45, 2.75) is 18.9 Å². The summed E-state index contributed by atoms with van der Waals surface area (Å²) >= 11 is 0. The molecule has 0 aliphatic carbocycles. The molecule has 3 N–H and O–H groups in total. The van der Waals surface area contributed by atoms with Crippen LogP contribution in [0.15, 0.2) is 0 Å². The van der Waals surface area contributed by atoms with Crippen molar-refractivity contribution in [2.24, 2.45) is 0 Å². The summed E-state index contributed by atoms with van der Waals surface area (Å²) in [4.78, 5) is 27.8. The van der Waals surface area contributed by atoms with Crippen LogP contribution in [-0.4, -0.2) is 45.8 Å². The van der Waals surface area contributed by atoms with Gasteiger partial charge in [-0.15, -0.1) is 0 Å². The van der Waals surface area contributed by atoms with Gasteiger partial charge in [0.25, 0.3) is 0 Å². The van der Waals surface area contributed by atoms with Gasteiger partial charge in [-0.25, -0.2) is 0 Å². The molecule has 1 fully saturated rings. The van der Waals surface area contributed by atoms with Gasteiger partial charge in [0.05, 0.1) is 0 Å². The third kappa shape index (κ3) is 3.31. The summed E-state index contributed by atoms with van der Waals surface area (Å²) < 4.78 is 4.55. The number of hydrogen-bond acceptors (Lipinski definition) is 5. The second-order valence-corrected chi connectivity index (χ2v) is 4.60. The van der Waals surface area contributed by atoms with Crippen molar-refractivity contribution in [1.29, 1.82) is 0 Å². The minimum atomic E-state index is -4.28. The molecule has 1 unspecified atom stereocenters. The van der Waals surface area contributed by atoms with Crippen LogP contribution in [0.4, 0.5) is 0 Å². The Morgan fingerprint density at radius 3 is 2.58 bits per heavy atom.